The van der Waals surface area contributed by atoms with Crippen LogP contribution in [-0.2, 0) is 10.8 Å². The van der Waals surface area contributed by atoms with Gasteiger partial charge in [0.2, 0.25) is 0 Å². The molecule has 1 aromatic carbocycles. The highest BCUT2D eigenvalue weighted by atomic mass is 32.2. The summed E-state index contributed by atoms with van der Waals surface area (Å²) in [7, 11) is -0.596. The molecular weight excluding hydrogens is 256 g/mol. The Morgan fingerprint density at radius 1 is 1.21 bits per heavy atom. The summed E-state index contributed by atoms with van der Waals surface area (Å²) >= 11 is 0. The Hall–Kier alpha value is -0.710. The second kappa shape index (κ2) is 6.16. The van der Waals surface area contributed by atoms with E-state index < -0.39 is 10.8 Å². The summed E-state index contributed by atoms with van der Waals surface area (Å²) in [6, 6.07) is 11.9. The zero-order valence-corrected chi connectivity index (χ0v) is 12.1. The first-order valence-electron chi connectivity index (χ1n) is 7.20. The van der Waals surface area contributed by atoms with Crippen LogP contribution in [0.5, 0.6) is 0 Å². The molecule has 1 aliphatic carbocycles. The summed E-state index contributed by atoms with van der Waals surface area (Å²) in [4.78, 5) is 2.49. The van der Waals surface area contributed by atoms with Crippen molar-refractivity contribution in [2.75, 3.05) is 31.1 Å². The molecule has 3 nitrogen and oxygen atoms in total. The fourth-order valence-electron chi connectivity index (χ4n) is 2.66. The van der Waals surface area contributed by atoms with E-state index in [0.29, 0.717) is 6.04 Å². The molecule has 19 heavy (non-hydrogen) atoms. The third kappa shape index (κ3) is 3.65. The SMILES string of the molecule is O=S1CCN(C(CNC2CC2)c2ccccc2)CC1. The summed E-state index contributed by atoms with van der Waals surface area (Å²) in [5.74, 6) is 1.65. The van der Waals surface area contributed by atoms with E-state index in [4.69, 9.17) is 0 Å². The number of rotatable bonds is 5. The van der Waals surface area contributed by atoms with Gasteiger partial charge in [0.15, 0.2) is 0 Å². The molecule has 1 aliphatic heterocycles. The van der Waals surface area contributed by atoms with E-state index >= 15 is 0 Å². The van der Waals surface area contributed by atoms with E-state index in [1.807, 2.05) is 0 Å². The van der Waals surface area contributed by atoms with Gasteiger partial charge in [0.1, 0.15) is 0 Å². The minimum Gasteiger partial charge on any atom is -0.312 e. The van der Waals surface area contributed by atoms with Gasteiger partial charge in [-0.1, -0.05) is 30.3 Å². The molecule has 0 bridgehead atoms. The minimum absolute atomic E-state index is 0.430. The van der Waals surface area contributed by atoms with Gasteiger partial charge in [-0.05, 0) is 18.4 Å². The number of hydrogen-bond acceptors (Lipinski definition) is 3. The fraction of sp³-hybridized carbons (Fsp3) is 0.600. The van der Waals surface area contributed by atoms with Gasteiger partial charge in [0.05, 0.1) is 0 Å². The molecule has 2 aliphatic rings. The Balaban J connectivity index is 1.69. The van der Waals surface area contributed by atoms with E-state index in [2.05, 4.69) is 40.5 Å². The third-order valence-corrected chi connectivity index (χ3v) is 5.29. The molecule has 4 heteroatoms. The molecule has 1 aromatic rings. The third-order valence-electron chi connectivity index (χ3n) is 4.01. The lowest BCUT2D eigenvalue weighted by Crippen LogP contribution is -2.44. The Labute approximate surface area is 117 Å². The maximum Gasteiger partial charge on any atom is 0.0473 e. The molecule has 1 saturated heterocycles. The van der Waals surface area contributed by atoms with Gasteiger partial charge in [-0.2, -0.15) is 0 Å². The zero-order valence-electron chi connectivity index (χ0n) is 11.3. The van der Waals surface area contributed by atoms with Crippen molar-refractivity contribution in [3.05, 3.63) is 35.9 Å². The quantitative estimate of drug-likeness (QED) is 0.887. The molecule has 0 radical (unpaired) electrons. The van der Waals surface area contributed by atoms with Crippen molar-refractivity contribution in [2.24, 2.45) is 0 Å². The van der Waals surface area contributed by atoms with Crippen LogP contribution in [0.25, 0.3) is 0 Å². The number of nitrogens with zero attached hydrogens (tertiary/aromatic N) is 1. The summed E-state index contributed by atoms with van der Waals surface area (Å²) in [6.45, 7) is 2.93. The summed E-state index contributed by atoms with van der Waals surface area (Å²) in [6.07, 6.45) is 2.65. The zero-order chi connectivity index (χ0) is 13.1. The molecule has 1 saturated carbocycles. The van der Waals surface area contributed by atoms with Crippen LogP contribution < -0.4 is 5.32 Å². The van der Waals surface area contributed by atoms with E-state index in [-0.39, 0.29) is 0 Å². The van der Waals surface area contributed by atoms with Crippen LogP contribution in [0, 0.1) is 0 Å². The van der Waals surface area contributed by atoms with Gasteiger partial charge < -0.3 is 5.32 Å². The second-order valence-electron chi connectivity index (χ2n) is 5.49. The maximum atomic E-state index is 11.5. The van der Waals surface area contributed by atoms with Crippen LogP contribution in [-0.4, -0.2) is 46.3 Å². The van der Waals surface area contributed by atoms with Gasteiger partial charge in [0.25, 0.3) is 0 Å². The Bertz CT molecular complexity index is 423. The first-order valence-corrected chi connectivity index (χ1v) is 8.69. The van der Waals surface area contributed by atoms with Crippen LogP contribution >= 0.6 is 0 Å². The highest BCUT2D eigenvalue weighted by Crippen LogP contribution is 2.24. The molecule has 3 rings (SSSR count). The smallest absolute Gasteiger partial charge is 0.0473 e. The van der Waals surface area contributed by atoms with E-state index in [1.54, 1.807) is 0 Å². The van der Waals surface area contributed by atoms with Crippen molar-refractivity contribution in [3.8, 4) is 0 Å². The van der Waals surface area contributed by atoms with Crippen LogP contribution in [0.4, 0.5) is 0 Å². The maximum absolute atomic E-state index is 11.5. The second-order valence-corrected chi connectivity index (χ2v) is 7.19. The number of hydrogen-bond donors (Lipinski definition) is 1. The van der Waals surface area contributed by atoms with Crippen molar-refractivity contribution in [2.45, 2.75) is 24.9 Å². The first-order chi connectivity index (χ1) is 9.33. The first kappa shape index (κ1) is 13.3. The molecule has 1 heterocycles. The standard InChI is InChI=1S/C15H22N2OS/c18-19-10-8-17(9-11-19)15(12-16-14-6-7-14)13-4-2-1-3-5-13/h1-5,14-16H,6-12H2. The molecule has 1 atom stereocenters. The van der Waals surface area contributed by atoms with Crippen LogP contribution in [0.1, 0.15) is 24.4 Å². The van der Waals surface area contributed by atoms with E-state index in [1.165, 1.54) is 18.4 Å². The van der Waals surface area contributed by atoms with Gasteiger partial charge in [-0.3, -0.25) is 9.11 Å². The van der Waals surface area contributed by atoms with Crippen LogP contribution in [0.15, 0.2) is 30.3 Å². The van der Waals surface area contributed by atoms with Gasteiger partial charge in [0, 0.05) is 54.0 Å². The van der Waals surface area contributed by atoms with Crippen molar-refractivity contribution < 1.29 is 4.21 Å². The predicted octanol–water partition coefficient (Wildman–Crippen LogP) is 1.54. The van der Waals surface area contributed by atoms with E-state index in [0.717, 1.165) is 37.2 Å². The molecule has 0 spiro atoms. The summed E-state index contributed by atoms with van der Waals surface area (Å²) in [5, 5.41) is 3.65. The monoisotopic (exact) mass is 278 g/mol. The Morgan fingerprint density at radius 3 is 2.53 bits per heavy atom. The van der Waals surface area contributed by atoms with E-state index in [9.17, 15) is 4.21 Å². The summed E-state index contributed by atoms with van der Waals surface area (Å²) < 4.78 is 11.5. The topological polar surface area (TPSA) is 32.3 Å². The average Bonchev–Trinajstić information content (AvgIpc) is 3.26. The molecule has 1 N–H and O–H groups in total. The largest absolute Gasteiger partial charge is 0.312 e. The normalized spacial score (nSPS) is 23.4. The van der Waals surface area contributed by atoms with Gasteiger partial charge in [-0.25, -0.2) is 0 Å². The Morgan fingerprint density at radius 2 is 1.89 bits per heavy atom. The summed E-state index contributed by atoms with van der Waals surface area (Å²) in [5.41, 5.74) is 1.38. The van der Waals surface area contributed by atoms with Gasteiger partial charge >= 0.3 is 0 Å². The highest BCUT2D eigenvalue weighted by Gasteiger charge is 2.27. The average molecular weight is 278 g/mol. The lowest BCUT2D eigenvalue weighted by molar-refractivity contribution is 0.210. The molecule has 104 valence electrons. The van der Waals surface area contributed by atoms with Gasteiger partial charge in [-0.15, -0.1) is 0 Å². The van der Waals surface area contributed by atoms with Crippen LogP contribution in [0.2, 0.25) is 0 Å². The fourth-order valence-corrected chi connectivity index (χ4v) is 3.74. The Kier molecular flexibility index (Phi) is 4.31. The number of benzene rings is 1. The van der Waals surface area contributed by atoms with Crippen molar-refractivity contribution in [1.29, 1.82) is 0 Å². The van der Waals surface area contributed by atoms with Crippen molar-refractivity contribution in [3.63, 3.8) is 0 Å². The van der Waals surface area contributed by atoms with Crippen molar-refractivity contribution >= 4 is 10.8 Å². The molecule has 0 amide bonds. The number of nitrogens with one attached hydrogen (secondary N) is 1. The predicted molar refractivity (Wildman–Crippen MR) is 79.7 cm³/mol. The minimum atomic E-state index is -0.596. The molecule has 1 unspecified atom stereocenters. The van der Waals surface area contributed by atoms with Crippen LogP contribution in [0.3, 0.4) is 0 Å². The lowest BCUT2D eigenvalue weighted by Gasteiger charge is -2.34. The molecular formula is C15H22N2OS. The van der Waals surface area contributed by atoms with Crippen molar-refractivity contribution in [1.82, 2.24) is 10.2 Å². The highest BCUT2D eigenvalue weighted by molar-refractivity contribution is 7.85. The molecule has 0 aromatic heterocycles. The lowest BCUT2D eigenvalue weighted by atomic mass is 10.1. The molecule has 2 fully saturated rings.